The van der Waals surface area contributed by atoms with E-state index in [1.165, 1.54) is 33.4 Å². The van der Waals surface area contributed by atoms with Crippen LogP contribution in [0.1, 0.15) is 38.8 Å². The molecule has 1 heteroatoms. The SMILES string of the molecule is C=C1C(C)=C(C)C(=Nc2cc(C)ccc2C)C(C)=C1C. The number of hydrogen-bond donors (Lipinski definition) is 0. The smallest absolute Gasteiger partial charge is 0.0701 e. The zero-order valence-electron chi connectivity index (χ0n) is 13.4. The maximum atomic E-state index is 4.94. The Hall–Kier alpha value is -1.89. The van der Waals surface area contributed by atoms with E-state index in [0.29, 0.717) is 0 Å². The minimum absolute atomic E-state index is 1.06. The van der Waals surface area contributed by atoms with Gasteiger partial charge in [-0.25, -0.2) is 4.99 Å². The first-order chi connectivity index (χ1) is 9.32. The lowest BCUT2D eigenvalue weighted by atomic mass is 9.84. The quantitative estimate of drug-likeness (QED) is 0.625. The molecule has 0 atom stereocenters. The molecule has 1 aliphatic carbocycles. The van der Waals surface area contributed by atoms with E-state index in [4.69, 9.17) is 4.99 Å². The van der Waals surface area contributed by atoms with Gasteiger partial charge in [-0.05, 0) is 86.6 Å². The summed E-state index contributed by atoms with van der Waals surface area (Å²) in [6.45, 7) is 16.9. The fourth-order valence-corrected chi connectivity index (χ4v) is 2.50. The second-order valence-electron chi connectivity index (χ2n) is 5.73. The standard InChI is InChI=1S/C19H23N/c1-11-8-9-12(2)18(10-11)20-19-16(6)14(4)13(3)15(5)17(19)7/h8-10H,3H2,1-2,4-7H3. The van der Waals surface area contributed by atoms with Gasteiger partial charge in [-0.15, -0.1) is 0 Å². The molecule has 0 saturated heterocycles. The summed E-state index contributed by atoms with van der Waals surface area (Å²) < 4.78 is 0. The molecule has 20 heavy (non-hydrogen) atoms. The topological polar surface area (TPSA) is 12.4 Å². The molecule has 0 spiro atoms. The molecule has 1 aromatic carbocycles. The Morgan fingerprint density at radius 2 is 1.35 bits per heavy atom. The van der Waals surface area contributed by atoms with Crippen molar-refractivity contribution in [3.63, 3.8) is 0 Å². The van der Waals surface area contributed by atoms with Gasteiger partial charge in [0, 0.05) is 0 Å². The van der Waals surface area contributed by atoms with Crippen molar-refractivity contribution >= 4 is 11.4 Å². The zero-order chi connectivity index (χ0) is 15.0. The van der Waals surface area contributed by atoms with E-state index < -0.39 is 0 Å². The number of aryl methyl sites for hydroxylation is 2. The molecule has 0 heterocycles. The molecule has 0 unspecified atom stereocenters. The van der Waals surface area contributed by atoms with Gasteiger partial charge in [0.15, 0.2) is 0 Å². The molecule has 2 rings (SSSR count). The molecule has 1 aliphatic rings. The van der Waals surface area contributed by atoms with E-state index in [0.717, 1.165) is 17.0 Å². The summed E-state index contributed by atoms with van der Waals surface area (Å²) in [5.41, 5.74) is 10.7. The van der Waals surface area contributed by atoms with Crippen LogP contribution in [0.4, 0.5) is 5.69 Å². The van der Waals surface area contributed by atoms with Gasteiger partial charge >= 0.3 is 0 Å². The monoisotopic (exact) mass is 265 g/mol. The molecule has 0 N–H and O–H groups in total. The lowest BCUT2D eigenvalue weighted by Gasteiger charge is -2.23. The fourth-order valence-electron chi connectivity index (χ4n) is 2.50. The number of nitrogens with zero attached hydrogens (tertiary/aromatic N) is 1. The van der Waals surface area contributed by atoms with Crippen LogP contribution >= 0.6 is 0 Å². The van der Waals surface area contributed by atoms with Crippen LogP contribution in [-0.2, 0) is 0 Å². The van der Waals surface area contributed by atoms with Gasteiger partial charge in [-0.3, -0.25) is 0 Å². The van der Waals surface area contributed by atoms with Crippen LogP contribution in [0.15, 0.2) is 57.6 Å². The normalized spacial score (nSPS) is 16.1. The summed E-state index contributed by atoms with van der Waals surface area (Å²) in [6.07, 6.45) is 0. The number of hydrogen-bond acceptors (Lipinski definition) is 1. The van der Waals surface area contributed by atoms with Crippen molar-refractivity contribution in [1.29, 1.82) is 0 Å². The minimum atomic E-state index is 1.06. The molecule has 0 bridgehead atoms. The number of allylic oxidation sites excluding steroid dienone is 5. The average Bonchev–Trinajstić information content (AvgIpc) is 2.43. The second kappa shape index (κ2) is 5.24. The van der Waals surface area contributed by atoms with Crippen molar-refractivity contribution in [3.8, 4) is 0 Å². The first-order valence-electron chi connectivity index (χ1n) is 7.04. The van der Waals surface area contributed by atoms with Crippen LogP contribution < -0.4 is 0 Å². The second-order valence-corrected chi connectivity index (χ2v) is 5.73. The van der Waals surface area contributed by atoms with Gasteiger partial charge < -0.3 is 0 Å². The molecule has 0 aromatic heterocycles. The van der Waals surface area contributed by atoms with Crippen molar-refractivity contribution in [1.82, 2.24) is 0 Å². The Bertz CT molecular complexity index is 652. The van der Waals surface area contributed by atoms with Gasteiger partial charge in [0.1, 0.15) is 0 Å². The Morgan fingerprint density at radius 3 is 1.90 bits per heavy atom. The first-order valence-corrected chi connectivity index (χ1v) is 7.04. The predicted octanol–water partition coefficient (Wildman–Crippen LogP) is 5.62. The highest BCUT2D eigenvalue weighted by atomic mass is 14.8. The molecule has 1 aromatic rings. The Labute approximate surface area is 122 Å². The fraction of sp³-hybridized carbons (Fsp3) is 0.316. The highest BCUT2D eigenvalue weighted by Crippen LogP contribution is 2.33. The van der Waals surface area contributed by atoms with Crippen LogP contribution in [0, 0.1) is 13.8 Å². The van der Waals surface area contributed by atoms with Crippen molar-refractivity contribution in [2.24, 2.45) is 4.99 Å². The van der Waals surface area contributed by atoms with Crippen molar-refractivity contribution < 1.29 is 0 Å². The number of benzene rings is 1. The summed E-state index contributed by atoms with van der Waals surface area (Å²) in [5, 5.41) is 0. The predicted molar refractivity (Wildman–Crippen MR) is 88.9 cm³/mol. The maximum absolute atomic E-state index is 4.94. The van der Waals surface area contributed by atoms with Crippen molar-refractivity contribution in [2.45, 2.75) is 41.5 Å². The van der Waals surface area contributed by atoms with Crippen molar-refractivity contribution in [3.05, 3.63) is 63.8 Å². The molecule has 0 radical (unpaired) electrons. The molecule has 0 aliphatic heterocycles. The van der Waals surface area contributed by atoms with Crippen LogP contribution in [0.2, 0.25) is 0 Å². The summed E-state index contributed by atoms with van der Waals surface area (Å²) >= 11 is 0. The van der Waals surface area contributed by atoms with Gasteiger partial charge in [0.2, 0.25) is 0 Å². The van der Waals surface area contributed by atoms with Gasteiger partial charge in [-0.2, -0.15) is 0 Å². The van der Waals surface area contributed by atoms with Gasteiger partial charge in [0.25, 0.3) is 0 Å². The van der Waals surface area contributed by atoms with E-state index in [2.05, 4.69) is 66.3 Å². The van der Waals surface area contributed by atoms with Gasteiger partial charge in [0.05, 0.1) is 11.4 Å². The Kier molecular flexibility index (Phi) is 3.80. The summed E-state index contributed by atoms with van der Waals surface area (Å²) in [4.78, 5) is 4.94. The molecule has 104 valence electrons. The highest BCUT2D eigenvalue weighted by Gasteiger charge is 2.20. The lowest BCUT2D eigenvalue weighted by Crippen LogP contribution is -2.13. The molecular formula is C19H23N. The third-order valence-corrected chi connectivity index (χ3v) is 4.34. The van der Waals surface area contributed by atoms with Crippen LogP contribution in [0.3, 0.4) is 0 Å². The number of aliphatic imine (C=N–C) groups is 1. The average molecular weight is 265 g/mol. The zero-order valence-corrected chi connectivity index (χ0v) is 13.4. The third-order valence-electron chi connectivity index (χ3n) is 4.34. The van der Waals surface area contributed by atoms with E-state index in [-0.39, 0.29) is 0 Å². The van der Waals surface area contributed by atoms with Crippen molar-refractivity contribution in [2.75, 3.05) is 0 Å². The van der Waals surface area contributed by atoms with E-state index in [9.17, 15) is 0 Å². The Morgan fingerprint density at radius 1 is 0.800 bits per heavy atom. The van der Waals surface area contributed by atoms with Crippen LogP contribution in [0.5, 0.6) is 0 Å². The van der Waals surface area contributed by atoms with E-state index >= 15 is 0 Å². The third kappa shape index (κ3) is 2.40. The first kappa shape index (κ1) is 14.5. The number of rotatable bonds is 1. The summed E-state index contributed by atoms with van der Waals surface area (Å²) in [6, 6.07) is 6.41. The maximum Gasteiger partial charge on any atom is 0.0701 e. The van der Waals surface area contributed by atoms with Crippen LogP contribution in [-0.4, -0.2) is 5.71 Å². The molecule has 0 fully saturated rings. The molecule has 0 amide bonds. The molecule has 0 saturated carbocycles. The largest absolute Gasteiger partial charge is 0.248 e. The Balaban J connectivity index is 2.64. The van der Waals surface area contributed by atoms with E-state index in [1.807, 2.05) is 0 Å². The van der Waals surface area contributed by atoms with Crippen LogP contribution in [0.25, 0.3) is 0 Å². The van der Waals surface area contributed by atoms with Gasteiger partial charge in [-0.1, -0.05) is 18.7 Å². The summed E-state index contributed by atoms with van der Waals surface area (Å²) in [5.74, 6) is 0. The molecular weight excluding hydrogens is 242 g/mol. The summed E-state index contributed by atoms with van der Waals surface area (Å²) in [7, 11) is 0. The van der Waals surface area contributed by atoms with E-state index in [1.54, 1.807) is 0 Å². The molecule has 1 nitrogen and oxygen atoms in total. The lowest BCUT2D eigenvalue weighted by molar-refractivity contribution is 1.21. The minimum Gasteiger partial charge on any atom is -0.248 e. The highest BCUT2D eigenvalue weighted by molar-refractivity contribution is 6.16.